The van der Waals surface area contributed by atoms with Crippen LogP contribution in [0, 0.1) is 64.8 Å². The summed E-state index contributed by atoms with van der Waals surface area (Å²) in [7, 11) is 0. The van der Waals surface area contributed by atoms with Gasteiger partial charge in [-0.05, 0) is 87.9 Å². The SMILES string of the molecule is C.C.CC(C)CC(=O)Cl.CC(C)CC(=O)c1cnc(Oc2ccc(F)cc2F)nc1Oc1ccc(F)cc1F.C[CH-]C.Fc1ccc(Oc2ncc(Br)c(Oc3ccc(F)cc3F)n2)c(F)c1.[Cl-].[Mg+2]. The quantitative estimate of drug-likeness (QED) is 0.0363. The minimum absolute atomic E-state index is 0. The van der Waals surface area contributed by atoms with Crippen molar-refractivity contribution in [2.45, 2.75) is 69.2 Å². The van der Waals surface area contributed by atoms with Gasteiger partial charge in [-0.15, -0.1) is 0 Å². The molecular weight excluding hydrogens is 1040 g/mol. The van der Waals surface area contributed by atoms with Crippen molar-refractivity contribution >= 4 is 61.6 Å². The molecular formula is C47H47BrCl2F8MgN4O6. The summed E-state index contributed by atoms with van der Waals surface area (Å²) in [6.45, 7) is 11.6. The van der Waals surface area contributed by atoms with Gasteiger partial charge in [0.1, 0.15) is 23.3 Å². The molecule has 0 aliphatic rings. The molecule has 0 saturated heterocycles. The first-order valence-corrected chi connectivity index (χ1v) is 20.2. The fourth-order valence-electron chi connectivity index (χ4n) is 4.56. The molecule has 2 aromatic heterocycles. The Morgan fingerprint density at radius 3 is 1.22 bits per heavy atom. The summed E-state index contributed by atoms with van der Waals surface area (Å²) in [5, 5.41) is -0.241. The van der Waals surface area contributed by atoms with Crippen molar-refractivity contribution in [2.75, 3.05) is 0 Å². The molecule has 0 bridgehead atoms. The van der Waals surface area contributed by atoms with Gasteiger partial charge in [0, 0.05) is 43.3 Å². The van der Waals surface area contributed by atoms with Crippen LogP contribution in [0.5, 0.6) is 46.8 Å². The van der Waals surface area contributed by atoms with Crippen LogP contribution < -0.4 is 31.4 Å². The molecule has 0 fully saturated rings. The molecule has 69 heavy (non-hydrogen) atoms. The largest absolute Gasteiger partial charge is 2.00 e. The van der Waals surface area contributed by atoms with Crippen LogP contribution in [0.2, 0.25) is 0 Å². The van der Waals surface area contributed by atoms with E-state index in [1.807, 2.05) is 48.0 Å². The van der Waals surface area contributed by atoms with Crippen molar-refractivity contribution in [1.82, 2.24) is 19.9 Å². The van der Waals surface area contributed by atoms with E-state index in [0.29, 0.717) is 36.6 Å². The molecule has 4 aromatic carbocycles. The minimum atomic E-state index is -1.01. The normalized spacial score (nSPS) is 9.83. The minimum Gasteiger partial charge on any atom is -1.00 e. The van der Waals surface area contributed by atoms with Crippen molar-refractivity contribution in [3.63, 3.8) is 0 Å². The summed E-state index contributed by atoms with van der Waals surface area (Å²) < 4.78 is 128. The van der Waals surface area contributed by atoms with Crippen LogP contribution >= 0.6 is 27.5 Å². The predicted octanol–water partition coefficient (Wildman–Crippen LogP) is 12.2. The van der Waals surface area contributed by atoms with Gasteiger partial charge >= 0.3 is 35.1 Å². The van der Waals surface area contributed by atoms with E-state index < -0.39 is 52.5 Å². The summed E-state index contributed by atoms with van der Waals surface area (Å²) >= 11 is 8.14. The number of carbonyl (C=O) groups is 2. The number of Topliss-reactive ketones (excluding diaryl/α,β-unsaturated/α-hetero) is 1. The molecule has 0 N–H and O–H groups in total. The van der Waals surface area contributed by atoms with E-state index in [-0.39, 0.29) is 124 Å². The second-order valence-corrected chi connectivity index (χ2v) is 15.2. The zero-order valence-corrected chi connectivity index (χ0v) is 40.8. The fourth-order valence-corrected chi connectivity index (χ4v) is 5.15. The Bertz CT molecular complexity index is 2570. The Labute approximate surface area is 431 Å². The molecule has 0 spiro atoms. The van der Waals surface area contributed by atoms with Gasteiger partial charge in [0.2, 0.25) is 17.0 Å². The fraction of sp³-hybridized carbons (Fsp3) is 0.255. The third kappa shape index (κ3) is 22.9. The Morgan fingerprint density at radius 2 is 0.899 bits per heavy atom. The maximum Gasteiger partial charge on any atom is 2.00 e. The van der Waals surface area contributed by atoms with E-state index in [1.165, 1.54) is 6.20 Å². The molecule has 6 aromatic rings. The van der Waals surface area contributed by atoms with E-state index in [9.17, 15) is 44.7 Å². The van der Waals surface area contributed by atoms with Crippen molar-refractivity contribution in [2.24, 2.45) is 11.8 Å². The van der Waals surface area contributed by atoms with Gasteiger partial charge < -0.3 is 37.8 Å². The van der Waals surface area contributed by atoms with Crippen LogP contribution in [0.4, 0.5) is 35.1 Å². The Hall–Kier alpha value is -5.15. The predicted molar refractivity (Wildman–Crippen MR) is 246 cm³/mol. The van der Waals surface area contributed by atoms with Crippen LogP contribution in [0.3, 0.4) is 0 Å². The monoisotopic (exact) mass is 1090 g/mol. The van der Waals surface area contributed by atoms with Crippen molar-refractivity contribution < 1.29 is 76.1 Å². The Kier molecular flexibility index (Phi) is 31.2. The van der Waals surface area contributed by atoms with Crippen LogP contribution in [-0.2, 0) is 4.79 Å². The number of ether oxygens (including phenoxy) is 4. The molecule has 10 nitrogen and oxygen atoms in total. The van der Waals surface area contributed by atoms with E-state index in [2.05, 4.69) is 35.9 Å². The Morgan fingerprint density at radius 1 is 0.580 bits per heavy atom. The molecule has 0 aliphatic carbocycles. The molecule has 6 rings (SSSR count). The standard InChI is InChI=1S/C21H16F4N2O3.C16H7BrF4N2O2.C5H9ClO.C3H7.2CH4.ClH.Mg/c1-11(2)7-17(28)14-10-26-21(30-19-6-4-13(23)9-16(19)25)27-20(14)29-18-5-3-12(22)8-15(18)24;17-10-7-22-16(25-14-4-2-9(19)6-12(14)21)23-15(10)24-13-3-1-8(18)5-11(13)20;1-4(2)3-5(6)7;1-3-2;;;;/h3-6,8-11H,7H2,1-2H3;1-7H;4H,3H2,1-2H3;3H,1-2H3;2*1H4;1H;/q;;;-1;;;;+2/p-1. The number of nitrogens with zero attached hydrogens (tertiary/aromatic N) is 4. The first-order valence-electron chi connectivity index (χ1n) is 19.1. The van der Waals surface area contributed by atoms with E-state index >= 15 is 0 Å². The van der Waals surface area contributed by atoms with Crippen molar-refractivity contribution in [3.05, 3.63) is 148 Å². The summed E-state index contributed by atoms with van der Waals surface area (Å²) in [4.78, 5) is 38.0. The summed E-state index contributed by atoms with van der Waals surface area (Å²) in [5.74, 6) is -8.81. The number of hydrogen-bond donors (Lipinski definition) is 0. The van der Waals surface area contributed by atoms with Crippen molar-refractivity contribution in [3.8, 4) is 46.8 Å². The van der Waals surface area contributed by atoms with Gasteiger partial charge in [0.15, 0.2) is 52.1 Å². The smallest absolute Gasteiger partial charge is 1.00 e. The molecule has 0 saturated carbocycles. The third-order valence-corrected chi connectivity index (χ3v) is 7.97. The topological polar surface area (TPSA) is 123 Å². The number of carbonyl (C=O) groups excluding carboxylic acids is 2. The first kappa shape index (κ1) is 65.9. The third-order valence-electron chi connectivity index (χ3n) is 7.28. The molecule has 0 amide bonds. The molecule has 2 heterocycles. The second-order valence-electron chi connectivity index (χ2n) is 13.9. The van der Waals surface area contributed by atoms with Gasteiger partial charge in [0.25, 0.3) is 0 Å². The number of benzene rings is 4. The second kappa shape index (κ2) is 32.6. The van der Waals surface area contributed by atoms with E-state index in [4.69, 9.17) is 30.5 Å². The van der Waals surface area contributed by atoms with Crippen molar-refractivity contribution in [1.29, 1.82) is 0 Å². The number of hydrogen-bond acceptors (Lipinski definition) is 10. The zero-order valence-electron chi connectivity index (χ0n) is 36.3. The van der Waals surface area contributed by atoms with Gasteiger partial charge in [-0.2, -0.15) is 23.8 Å². The molecule has 0 aliphatic heterocycles. The average molecular weight is 1090 g/mol. The van der Waals surface area contributed by atoms with Crippen LogP contribution in [0.25, 0.3) is 0 Å². The Balaban J connectivity index is 0. The number of rotatable bonds is 13. The van der Waals surface area contributed by atoms with Crippen LogP contribution in [0.15, 0.2) is 89.7 Å². The first-order chi connectivity index (χ1) is 30.7. The van der Waals surface area contributed by atoms with Crippen LogP contribution in [0.1, 0.15) is 79.6 Å². The van der Waals surface area contributed by atoms with Gasteiger partial charge in [-0.3, -0.25) is 9.59 Å². The maximum absolute atomic E-state index is 14.0. The van der Waals surface area contributed by atoms with Gasteiger partial charge in [-0.25, -0.2) is 45.1 Å². The molecule has 0 atom stereocenters. The zero-order chi connectivity index (χ0) is 48.4. The van der Waals surface area contributed by atoms with Gasteiger partial charge in [-0.1, -0.05) is 42.5 Å². The van der Waals surface area contributed by atoms with E-state index in [0.717, 1.165) is 54.7 Å². The average Bonchev–Trinajstić information content (AvgIpc) is 3.20. The summed E-state index contributed by atoms with van der Waals surface area (Å²) in [6.07, 6.45) is 4.96. The van der Waals surface area contributed by atoms with Crippen LogP contribution in [-0.4, -0.2) is 54.0 Å². The number of aromatic nitrogens is 4. The summed E-state index contributed by atoms with van der Waals surface area (Å²) in [5.41, 5.74) is -0.0562. The molecule has 0 unspecified atom stereocenters. The molecule has 370 valence electrons. The van der Waals surface area contributed by atoms with Gasteiger partial charge in [0.05, 0.1) is 16.2 Å². The molecule has 22 heteroatoms. The number of ketones is 1. The summed E-state index contributed by atoms with van der Waals surface area (Å²) in [6, 6.07) is 9.95. The maximum atomic E-state index is 14.0. The van der Waals surface area contributed by atoms with E-state index in [1.54, 1.807) is 0 Å². The molecule has 0 radical (unpaired) electrons. The number of halogens is 11.